The number of benzene rings is 1. The van der Waals surface area contributed by atoms with Crippen LogP contribution in [0.25, 0.3) is 0 Å². The lowest BCUT2D eigenvalue weighted by Crippen LogP contribution is -2.48. The summed E-state index contributed by atoms with van der Waals surface area (Å²) in [6, 6.07) is 8.20. The quantitative estimate of drug-likeness (QED) is 0.872. The van der Waals surface area contributed by atoms with Gasteiger partial charge in [-0.15, -0.1) is 11.8 Å². The molecule has 0 fully saturated rings. The summed E-state index contributed by atoms with van der Waals surface area (Å²) in [5, 5.41) is 3.10. The first-order valence-electron chi connectivity index (χ1n) is 5.87. The topological polar surface area (TPSA) is 32.3 Å². The zero-order chi connectivity index (χ0) is 12.4. The molecule has 1 amide bonds. The third kappa shape index (κ3) is 2.33. The Labute approximate surface area is 107 Å². The SMILES string of the molecule is CNC1CSc2ccccc2N(C(C)C)C1=O. The highest BCUT2D eigenvalue weighted by atomic mass is 32.2. The molecule has 17 heavy (non-hydrogen) atoms. The van der Waals surface area contributed by atoms with E-state index in [1.807, 2.05) is 30.1 Å². The maximum atomic E-state index is 12.4. The highest BCUT2D eigenvalue weighted by Gasteiger charge is 2.30. The monoisotopic (exact) mass is 250 g/mol. The molecule has 1 aliphatic heterocycles. The van der Waals surface area contributed by atoms with E-state index in [1.165, 1.54) is 4.90 Å². The summed E-state index contributed by atoms with van der Waals surface area (Å²) in [4.78, 5) is 15.5. The van der Waals surface area contributed by atoms with Gasteiger partial charge in [-0.05, 0) is 33.0 Å². The van der Waals surface area contributed by atoms with Crippen LogP contribution in [0.1, 0.15) is 13.8 Å². The molecule has 4 heteroatoms. The van der Waals surface area contributed by atoms with Gasteiger partial charge in [0, 0.05) is 16.7 Å². The van der Waals surface area contributed by atoms with Crippen molar-refractivity contribution in [2.24, 2.45) is 0 Å². The van der Waals surface area contributed by atoms with E-state index in [9.17, 15) is 4.79 Å². The fourth-order valence-corrected chi connectivity index (χ4v) is 3.19. The zero-order valence-corrected chi connectivity index (χ0v) is 11.3. The van der Waals surface area contributed by atoms with Gasteiger partial charge in [0.05, 0.1) is 11.7 Å². The minimum atomic E-state index is -0.102. The molecule has 0 bridgehead atoms. The molecule has 1 heterocycles. The van der Waals surface area contributed by atoms with Gasteiger partial charge in [-0.25, -0.2) is 0 Å². The summed E-state index contributed by atoms with van der Waals surface area (Å²) in [5.41, 5.74) is 1.04. The second-order valence-electron chi connectivity index (χ2n) is 4.42. The average molecular weight is 250 g/mol. The third-order valence-corrected chi connectivity index (χ3v) is 4.09. The van der Waals surface area contributed by atoms with Gasteiger partial charge in [-0.1, -0.05) is 12.1 Å². The normalized spacial score (nSPS) is 20.4. The van der Waals surface area contributed by atoms with Gasteiger partial charge in [0.2, 0.25) is 5.91 Å². The van der Waals surface area contributed by atoms with Crippen LogP contribution < -0.4 is 10.2 Å². The second kappa shape index (κ2) is 5.10. The Kier molecular flexibility index (Phi) is 3.74. The van der Waals surface area contributed by atoms with Crippen LogP contribution >= 0.6 is 11.8 Å². The first-order valence-corrected chi connectivity index (χ1v) is 6.86. The molecule has 1 aromatic carbocycles. The van der Waals surface area contributed by atoms with Gasteiger partial charge in [0.1, 0.15) is 0 Å². The van der Waals surface area contributed by atoms with Crippen LogP contribution in [-0.2, 0) is 4.79 Å². The van der Waals surface area contributed by atoms with Crippen molar-refractivity contribution in [3.63, 3.8) is 0 Å². The third-order valence-electron chi connectivity index (χ3n) is 2.93. The fourth-order valence-electron chi connectivity index (χ4n) is 2.05. The van der Waals surface area contributed by atoms with E-state index in [-0.39, 0.29) is 18.0 Å². The first kappa shape index (κ1) is 12.5. The van der Waals surface area contributed by atoms with Gasteiger partial charge in [0.15, 0.2) is 0 Å². The number of hydrogen-bond acceptors (Lipinski definition) is 3. The Balaban J connectivity index is 2.46. The minimum absolute atomic E-state index is 0.102. The number of para-hydroxylation sites is 1. The highest BCUT2D eigenvalue weighted by Crippen LogP contribution is 2.35. The molecule has 0 aliphatic carbocycles. The van der Waals surface area contributed by atoms with Crippen molar-refractivity contribution >= 4 is 23.4 Å². The van der Waals surface area contributed by atoms with Crippen molar-refractivity contribution in [2.75, 3.05) is 17.7 Å². The lowest BCUT2D eigenvalue weighted by molar-refractivity contribution is -0.120. The molecular weight excluding hydrogens is 232 g/mol. The van der Waals surface area contributed by atoms with Crippen LogP contribution in [0, 0.1) is 0 Å². The molecule has 0 radical (unpaired) electrons. The molecule has 1 aliphatic rings. The largest absolute Gasteiger partial charge is 0.308 e. The van der Waals surface area contributed by atoms with Crippen molar-refractivity contribution in [2.45, 2.75) is 30.8 Å². The van der Waals surface area contributed by atoms with Crippen LogP contribution in [0.2, 0.25) is 0 Å². The van der Waals surface area contributed by atoms with Crippen LogP contribution in [-0.4, -0.2) is 30.8 Å². The van der Waals surface area contributed by atoms with Gasteiger partial charge in [0.25, 0.3) is 0 Å². The van der Waals surface area contributed by atoms with E-state index in [1.54, 1.807) is 11.8 Å². The summed E-state index contributed by atoms with van der Waals surface area (Å²) < 4.78 is 0. The Morgan fingerprint density at radius 1 is 1.41 bits per heavy atom. The Morgan fingerprint density at radius 2 is 2.12 bits per heavy atom. The standard InChI is InChI=1S/C13H18N2OS/c1-9(2)15-11-6-4-5-7-12(11)17-8-10(14-3)13(15)16/h4-7,9-10,14H,8H2,1-3H3. The highest BCUT2D eigenvalue weighted by molar-refractivity contribution is 7.99. The summed E-state index contributed by atoms with van der Waals surface area (Å²) in [6.07, 6.45) is 0. The van der Waals surface area contributed by atoms with Crippen molar-refractivity contribution in [3.05, 3.63) is 24.3 Å². The summed E-state index contributed by atoms with van der Waals surface area (Å²) in [5.74, 6) is 0.954. The molecule has 0 saturated carbocycles. The van der Waals surface area contributed by atoms with E-state index >= 15 is 0 Å². The number of likely N-dealkylation sites (N-methyl/N-ethyl adjacent to an activating group) is 1. The number of fused-ring (bicyclic) bond motifs is 1. The molecule has 3 nitrogen and oxygen atoms in total. The van der Waals surface area contributed by atoms with E-state index in [2.05, 4.69) is 25.2 Å². The maximum absolute atomic E-state index is 12.4. The smallest absolute Gasteiger partial charge is 0.245 e. The number of thioether (sulfide) groups is 1. The molecule has 1 atom stereocenters. The van der Waals surface area contributed by atoms with E-state index in [0.29, 0.717) is 0 Å². The first-order chi connectivity index (χ1) is 8.15. The van der Waals surface area contributed by atoms with Crippen LogP contribution in [0.4, 0.5) is 5.69 Å². The summed E-state index contributed by atoms with van der Waals surface area (Å²) in [7, 11) is 1.84. The zero-order valence-electron chi connectivity index (χ0n) is 10.4. The van der Waals surface area contributed by atoms with Gasteiger partial charge >= 0.3 is 0 Å². The van der Waals surface area contributed by atoms with Crippen molar-refractivity contribution in [1.82, 2.24) is 5.32 Å². The molecule has 1 unspecified atom stereocenters. The molecule has 0 saturated heterocycles. The summed E-state index contributed by atoms with van der Waals surface area (Å²) in [6.45, 7) is 4.11. The second-order valence-corrected chi connectivity index (χ2v) is 5.48. The predicted octanol–water partition coefficient (Wildman–Crippen LogP) is 2.12. The maximum Gasteiger partial charge on any atom is 0.245 e. The number of anilines is 1. The minimum Gasteiger partial charge on any atom is -0.308 e. The predicted molar refractivity (Wildman–Crippen MR) is 72.6 cm³/mol. The molecule has 2 rings (SSSR count). The number of nitrogens with zero attached hydrogens (tertiary/aromatic N) is 1. The lowest BCUT2D eigenvalue weighted by atomic mass is 10.2. The van der Waals surface area contributed by atoms with Gasteiger partial charge < -0.3 is 10.2 Å². The van der Waals surface area contributed by atoms with Gasteiger partial charge in [-0.3, -0.25) is 4.79 Å². The Hall–Kier alpha value is -1.00. The molecule has 1 aromatic rings. The number of carbonyl (C=O) groups is 1. The Bertz CT molecular complexity index is 420. The number of carbonyl (C=O) groups excluding carboxylic acids is 1. The number of rotatable bonds is 2. The van der Waals surface area contributed by atoms with Crippen molar-refractivity contribution in [3.8, 4) is 0 Å². The van der Waals surface area contributed by atoms with E-state index < -0.39 is 0 Å². The molecule has 92 valence electrons. The van der Waals surface area contributed by atoms with Crippen LogP contribution in [0.3, 0.4) is 0 Å². The number of amides is 1. The number of nitrogens with one attached hydrogen (secondary N) is 1. The molecule has 0 aromatic heterocycles. The van der Waals surface area contributed by atoms with Crippen molar-refractivity contribution < 1.29 is 4.79 Å². The molecule has 1 N–H and O–H groups in total. The Morgan fingerprint density at radius 3 is 2.76 bits per heavy atom. The van der Waals surface area contributed by atoms with E-state index in [4.69, 9.17) is 0 Å². The average Bonchev–Trinajstić information content (AvgIpc) is 2.45. The van der Waals surface area contributed by atoms with Gasteiger partial charge in [-0.2, -0.15) is 0 Å². The molecular formula is C13H18N2OS. The van der Waals surface area contributed by atoms with E-state index in [0.717, 1.165) is 11.4 Å². The fraction of sp³-hybridized carbons (Fsp3) is 0.462. The van der Waals surface area contributed by atoms with Crippen LogP contribution in [0.5, 0.6) is 0 Å². The summed E-state index contributed by atoms with van der Waals surface area (Å²) >= 11 is 1.74. The van der Waals surface area contributed by atoms with Crippen molar-refractivity contribution in [1.29, 1.82) is 0 Å². The number of hydrogen-bond donors (Lipinski definition) is 1. The molecule has 0 spiro atoms. The lowest BCUT2D eigenvalue weighted by Gasteiger charge is -2.28. The van der Waals surface area contributed by atoms with Crippen LogP contribution in [0.15, 0.2) is 29.2 Å².